The quantitative estimate of drug-likeness (QED) is 0.379. The Kier molecular flexibility index (Phi) is 8.46. The minimum atomic E-state index is -0.891. The highest BCUT2D eigenvalue weighted by molar-refractivity contribution is 7.09. The fourth-order valence-electron chi connectivity index (χ4n) is 3.25. The Bertz CT molecular complexity index is 1170. The van der Waals surface area contributed by atoms with Gasteiger partial charge in [-0.3, -0.25) is 9.78 Å². The maximum absolute atomic E-state index is 13.0. The van der Waals surface area contributed by atoms with E-state index >= 15 is 0 Å². The molecule has 0 bridgehead atoms. The first-order valence-corrected chi connectivity index (χ1v) is 11.9. The second-order valence-electron chi connectivity index (χ2n) is 7.47. The average molecular weight is 460 g/mol. The van der Waals surface area contributed by atoms with Gasteiger partial charge in [0.05, 0.1) is 0 Å². The number of carbonyl (C=O) groups excluding carboxylic acids is 1. The molecule has 0 aliphatic carbocycles. The molecule has 0 spiro atoms. The summed E-state index contributed by atoms with van der Waals surface area (Å²) in [4.78, 5) is 21.4. The lowest BCUT2D eigenvalue weighted by molar-refractivity contribution is 0.0950. The van der Waals surface area contributed by atoms with Crippen molar-refractivity contribution < 1.29 is 9.90 Å². The Hall–Kier alpha value is -3.35. The molecule has 5 nitrogen and oxygen atoms in total. The van der Waals surface area contributed by atoms with Crippen LogP contribution < -0.4 is 5.32 Å². The number of thiazole rings is 1. The number of nitrogens with one attached hydrogen (secondary N) is 1. The minimum absolute atomic E-state index is 0.206. The normalized spacial score (nSPS) is 11.3. The summed E-state index contributed by atoms with van der Waals surface area (Å²) in [6.07, 6.45) is 2.53. The smallest absolute Gasteiger partial charge is 0.251 e. The first kappa shape index (κ1) is 24.3. The van der Waals surface area contributed by atoms with E-state index in [1.807, 2.05) is 81.6 Å². The predicted molar refractivity (Wildman–Crippen MR) is 134 cm³/mol. The van der Waals surface area contributed by atoms with E-state index in [1.54, 1.807) is 18.5 Å². The molecular weight excluding hydrogens is 430 g/mol. The van der Waals surface area contributed by atoms with Crippen molar-refractivity contribution in [3.63, 3.8) is 0 Å². The number of pyridine rings is 1. The van der Waals surface area contributed by atoms with Crippen LogP contribution in [0, 0.1) is 13.8 Å². The molecule has 4 rings (SSSR count). The van der Waals surface area contributed by atoms with Gasteiger partial charge in [-0.1, -0.05) is 49.7 Å². The first-order valence-electron chi connectivity index (χ1n) is 11.0. The molecule has 4 aromatic rings. The monoisotopic (exact) mass is 459 g/mol. The lowest BCUT2D eigenvalue weighted by Crippen LogP contribution is -2.23. The number of aromatic nitrogens is 2. The maximum Gasteiger partial charge on any atom is 0.251 e. The van der Waals surface area contributed by atoms with Gasteiger partial charge in [0, 0.05) is 35.6 Å². The van der Waals surface area contributed by atoms with E-state index in [0.717, 1.165) is 27.9 Å². The van der Waals surface area contributed by atoms with Crippen LogP contribution in [0.4, 0.5) is 0 Å². The van der Waals surface area contributed by atoms with Crippen LogP contribution in [0.3, 0.4) is 0 Å². The number of carbonyl (C=O) groups is 1. The van der Waals surface area contributed by atoms with Gasteiger partial charge in [-0.25, -0.2) is 4.98 Å². The van der Waals surface area contributed by atoms with E-state index in [9.17, 15) is 9.90 Å². The maximum atomic E-state index is 13.0. The summed E-state index contributed by atoms with van der Waals surface area (Å²) < 4.78 is 0. The molecule has 0 saturated heterocycles. The number of aliphatic hydroxyl groups is 1. The molecule has 1 atom stereocenters. The summed E-state index contributed by atoms with van der Waals surface area (Å²) in [6, 6.07) is 17.5. The number of amides is 1. The Morgan fingerprint density at radius 2 is 1.76 bits per heavy atom. The molecule has 2 aromatic carbocycles. The van der Waals surface area contributed by atoms with E-state index < -0.39 is 6.10 Å². The summed E-state index contributed by atoms with van der Waals surface area (Å²) in [6.45, 7) is 8.34. The summed E-state index contributed by atoms with van der Waals surface area (Å²) in [5.41, 5.74) is 6.00. The summed E-state index contributed by atoms with van der Waals surface area (Å²) in [5, 5.41) is 16.2. The van der Waals surface area contributed by atoms with Gasteiger partial charge < -0.3 is 10.4 Å². The van der Waals surface area contributed by atoms with Crippen LogP contribution in [0.15, 0.2) is 72.4 Å². The van der Waals surface area contributed by atoms with E-state index in [-0.39, 0.29) is 5.91 Å². The van der Waals surface area contributed by atoms with Gasteiger partial charge in [-0.05, 0) is 60.4 Å². The summed E-state index contributed by atoms with van der Waals surface area (Å²) in [5.74, 6) is -0.206. The lowest BCUT2D eigenvalue weighted by atomic mass is 9.96. The Morgan fingerprint density at radius 1 is 1.00 bits per heavy atom. The van der Waals surface area contributed by atoms with Crippen LogP contribution in [0.25, 0.3) is 11.1 Å². The molecule has 1 unspecified atom stereocenters. The number of hydrogen-bond acceptors (Lipinski definition) is 5. The Balaban J connectivity index is 0.00000149. The second kappa shape index (κ2) is 11.5. The van der Waals surface area contributed by atoms with Gasteiger partial charge in [0.15, 0.2) is 0 Å². The standard InChI is InChI=1S/C25H23N3O2S.C2H6/c1-16-3-7-19(8-4-16)20-11-21(23(29)25-26-9-10-31-25)13-22(12-20)24(30)28-15-18-6-5-17(2)27-14-18;1-2/h3-14,23,29H,15H2,1-2H3,(H,28,30);1-2H3. The van der Waals surface area contributed by atoms with Crippen molar-refractivity contribution >= 4 is 17.2 Å². The molecule has 0 saturated carbocycles. The third kappa shape index (κ3) is 6.34. The number of nitrogens with zero attached hydrogens (tertiary/aromatic N) is 2. The molecule has 1 amide bonds. The van der Waals surface area contributed by atoms with E-state index in [4.69, 9.17) is 0 Å². The van der Waals surface area contributed by atoms with E-state index in [2.05, 4.69) is 15.3 Å². The molecule has 170 valence electrons. The second-order valence-corrected chi connectivity index (χ2v) is 8.40. The van der Waals surface area contributed by atoms with Gasteiger partial charge in [-0.2, -0.15) is 0 Å². The van der Waals surface area contributed by atoms with Gasteiger partial charge in [-0.15, -0.1) is 11.3 Å². The summed E-state index contributed by atoms with van der Waals surface area (Å²) in [7, 11) is 0. The zero-order valence-electron chi connectivity index (χ0n) is 19.4. The predicted octanol–water partition coefficient (Wildman–Crippen LogP) is 5.86. The fraction of sp³-hybridized carbons (Fsp3) is 0.222. The van der Waals surface area contributed by atoms with Crippen molar-refractivity contribution in [1.82, 2.24) is 15.3 Å². The highest BCUT2D eigenvalue weighted by Gasteiger charge is 2.17. The third-order valence-electron chi connectivity index (χ3n) is 5.03. The first-order chi connectivity index (χ1) is 16.0. The number of benzene rings is 2. The van der Waals surface area contributed by atoms with Gasteiger partial charge >= 0.3 is 0 Å². The average Bonchev–Trinajstić information content (AvgIpc) is 3.39. The van der Waals surface area contributed by atoms with Crippen LogP contribution in [0.5, 0.6) is 0 Å². The largest absolute Gasteiger partial charge is 0.381 e. The highest BCUT2D eigenvalue weighted by Crippen LogP contribution is 2.30. The van der Waals surface area contributed by atoms with Crippen molar-refractivity contribution in [2.24, 2.45) is 0 Å². The molecule has 2 N–H and O–H groups in total. The van der Waals surface area contributed by atoms with Crippen molar-refractivity contribution in [2.45, 2.75) is 40.3 Å². The van der Waals surface area contributed by atoms with Gasteiger partial charge in [0.2, 0.25) is 0 Å². The van der Waals surface area contributed by atoms with Crippen molar-refractivity contribution in [2.75, 3.05) is 0 Å². The molecule has 0 aliphatic rings. The zero-order chi connectivity index (χ0) is 23.8. The SMILES string of the molecule is CC.Cc1ccc(-c2cc(C(=O)NCc3ccc(C)nc3)cc(C(O)c3nccs3)c2)cc1. The molecule has 33 heavy (non-hydrogen) atoms. The Labute approximate surface area is 199 Å². The molecular formula is C27H29N3O2S. The fourth-order valence-corrected chi connectivity index (χ4v) is 3.90. The van der Waals surface area contributed by atoms with Crippen molar-refractivity contribution in [1.29, 1.82) is 0 Å². The zero-order valence-corrected chi connectivity index (χ0v) is 20.2. The van der Waals surface area contributed by atoms with Gasteiger partial charge in [0.25, 0.3) is 5.91 Å². The lowest BCUT2D eigenvalue weighted by Gasteiger charge is -2.14. The van der Waals surface area contributed by atoms with Crippen molar-refractivity contribution in [3.05, 3.63) is 105 Å². The van der Waals surface area contributed by atoms with Gasteiger partial charge in [0.1, 0.15) is 11.1 Å². The van der Waals surface area contributed by atoms with Crippen molar-refractivity contribution in [3.8, 4) is 11.1 Å². The Morgan fingerprint density at radius 3 is 2.39 bits per heavy atom. The van der Waals surface area contributed by atoms with Crippen LogP contribution in [0.1, 0.15) is 57.7 Å². The molecule has 0 aliphatic heterocycles. The number of aliphatic hydroxyl groups excluding tert-OH is 1. The highest BCUT2D eigenvalue weighted by atomic mass is 32.1. The van der Waals surface area contributed by atoms with E-state index in [1.165, 1.54) is 11.3 Å². The van der Waals surface area contributed by atoms with Crippen LogP contribution >= 0.6 is 11.3 Å². The third-order valence-corrected chi connectivity index (χ3v) is 5.86. The molecule has 2 heterocycles. The van der Waals surface area contributed by atoms with Crippen LogP contribution in [-0.2, 0) is 6.54 Å². The van der Waals surface area contributed by atoms with Crippen LogP contribution in [0.2, 0.25) is 0 Å². The number of aryl methyl sites for hydroxylation is 2. The molecule has 0 radical (unpaired) electrons. The minimum Gasteiger partial charge on any atom is -0.381 e. The molecule has 6 heteroatoms. The molecule has 0 fully saturated rings. The number of hydrogen-bond donors (Lipinski definition) is 2. The number of rotatable bonds is 6. The van der Waals surface area contributed by atoms with Crippen LogP contribution in [-0.4, -0.2) is 21.0 Å². The topological polar surface area (TPSA) is 75.1 Å². The molecule has 2 aromatic heterocycles. The summed E-state index contributed by atoms with van der Waals surface area (Å²) >= 11 is 1.38. The van der Waals surface area contributed by atoms with E-state index in [0.29, 0.717) is 22.7 Å².